The smallest absolute Gasteiger partial charge is 0.260 e. The van der Waals surface area contributed by atoms with E-state index in [2.05, 4.69) is 17.1 Å². The number of aromatic amines is 1. The minimum Gasteiger partial charge on any atom is -0.484 e. The summed E-state index contributed by atoms with van der Waals surface area (Å²) < 4.78 is 5.57. The zero-order valence-corrected chi connectivity index (χ0v) is 14.9. The Kier molecular flexibility index (Phi) is 4.32. The van der Waals surface area contributed by atoms with Crippen LogP contribution in [0.5, 0.6) is 5.75 Å². The summed E-state index contributed by atoms with van der Waals surface area (Å²) in [5.41, 5.74) is 3.53. The predicted molar refractivity (Wildman–Crippen MR) is 99.4 cm³/mol. The van der Waals surface area contributed by atoms with Gasteiger partial charge in [-0.3, -0.25) is 4.79 Å². The molecule has 0 bridgehead atoms. The Bertz CT molecular complexity index is 931. The highest BCUT2D eigenvalue weighted by Crippen LogP contribution is 2.28. The van der Waals surface area contributed by atoms with Crippen molar-refractivity contribution in [3.8, 4) is 5.75 Å². The lowest BCUT2D eigenvalue weighted by Gasteiger charge is -2.27. The average Bonchev–Trinajstić information content (AvgIpc) is 2.96. The van der Waals surface area contributed by atoms with Crippen molar-refractivity contribution in [2.45, 2.75) is 13.0 Å². The normalized spacial score (nSPS) is 13.8. The van der Waals surface area contributed by atoms with E-state index in [4.69, 9.17) is 27.9 Å². The lowest BCUT2D eigenvalue weighted by molar-refractivity contribution is -0.134. The highest BCUT2D eigenvalue weighted by Gasteiger charge is 2.24. The number of ether oxygens (including phenoxy) is 1. The van der Waals surface area contributed by atoms with E-state index in [9.17, 15) is 4.79 Å². The SMILES string of the molecule is O=C(COc1cc(Cl)cc(Cl)c1)N1CCc2[nH]c3ccccc3c2C1. The van der Waals surface area contributed by atoms with Crippen LogP contribution in [0.15, 0.2) is 42.5 Å². The maximum absolute atomic E-state index is 12.5. The number of hydrogen-bond donors (Lipinski definition) is 1. The first-order chi connectivity index (χ1) is 12.1. The summed E-state index contributed by atoms with van der Waals surface area (Å²) in [6, 6.07) is 13.1. The van der Waals surface area contributed by atoms with Gasteiger partial charge < -0.3 is 14.6 Å². The second-order valence-electron chi connectivity index (χ2n) is 6.09. The molecule has 1 aliphatic rings. The zero-order chi connectivity index (χ0) is 17.4. The number of carbonyl (C=O) groups is 1. The van der Waals surface area contributed by atoms with Crippen molar-refractivity contribution in [2.75, 3.05) is 13.2 Å². The van der Waals surface area contributed by atoms with Crippen molar-refractivity contribution >= 4 is 40.0 Å². The van der Waals surface area contributed by atoms with Crippen LogP contribution in [-0.4, -0.2) is 28.9 Å². The van der Waals surface area contributed by atoms with Crippen LogP contribution in [0.2, 0.25) is 10.0 Å². The van der Waals surface area contributed by atoms with Crippen LogP contribution in [0.4, 0.5) is 0 Å². The molecule has 0 unspecified atom stereocenters. The molecular weight excluding hydrogens is 359 g/mol. The Hall–Kier alpha value is -2.17. The number of carbonyl (C=O) groups excluding carboxylic acids is 1. The third-order valence-electron chi connectivity index (χ3n) is 4.43. The number of amides is 1. The van der Waals surface area contributed by atoms with E-state index in [-0.39, 0.29) is 12.5 Å². The van der Waals surface area contributed by atoms with Crippen molar-refractivity contribution in [2.24, 2.45) is 0 Å². The van der Waals surface area contributed by atoms with Crippen molar-refractivity contribution in [3.63, 3.8) is 0 Å². The summed E-state index contributed by atoms with van der Waals surface area (Å²) in [6.07, 6.45) is 0.818. The monoisotopic (exact) mass is 374 g/mol. The Balaban J connectivity index is 1.46. The Morgan fingerprint density at radius 1 is 1.16 bits per heavy atom. The number of rotatable bonds is 3. The summed E-state index contributed by atoms with van der Waals surface area (Å²) in [5.74, 6) is 0.447. The number of fused-ring (bicyclic) bond motifs is 3. The van der Waals surface area contributed by atoms with Crippen LogP contribution >= 0.6 is 23.2 Å². The highest BCUT2D eigenvalue weighted by atomic mass is 35.5. The fourth-order valence-electron chi connectivity index (χ4n) is 3.23. The fourth-order valence-corrected chi connectivity index (χ4v) is 3.73. The highest BCUT2D eigenvalue weighted by molar-refractivity contribution is 6.34. The molecule has 2 heterocycles. The quantitative estimate of drug-likeness (QED) is 0.736. The van der Waals surface area contributed by atoms with E-state index in [1.165, 1.54) is 16.6 Å². The molecule has 1 amide bonds. The van der Waals surface area contributed by atoms with Crippen LogP contribution in [0.3, 0.4) is 0 Å². The first-order valence-corrected chi connectivity index (χ1v) is 8.81. The molecule has 1 aliphatic heterocycles. The van der Waals surface area contributed by atoms with E-state index in [1.807, 2.05) is 17.0 Å². The summed E-state index contributed by atoms with van der Waals surface area (Å²) in [5, 5.41) is 2.14. The molecule has 0 fully saturated rings. The Labute approximate surface area is 155 Å². The summed E-state index contributed by atoms with van der Waals surface area (Å²) in [7, 11) is 0. The van der Waals surface area contributed by atoms with Gasteiger partial charge in [0.05, 0.1) is 0 Å². The number of halogens is 2. The van der Waals surface area contributed by atoms with E-state index >= 15 is 0 Å². The second kappa shape index (κ2) is 6.62. The molecule has 4 nitrogen and oxygen atoms in total. The third kappa shape index (κ3) is 3.32. The number of para-hydroxylation sites is 1. The third-order valence-corrected chi connectivity index (χ3v) is 4.87. The topological polar surface area (TPSA) is 45.3 Å². The van der Waals surface area contributed by atoms with Gasteiger partial charge in [-0.05, 0) is 24.3 Å². The van der Waals surface area contributed by atoms with E-state index in [1.54, 1.807) is 18.2 Å². The molecule has 1 N–H and O–H groups in total. The van der Waals surface area contributed by atoms with Gasteiger partial charge in [-0.25, -0.2) is 0 Å². The number of benzene rings is 2. The first kappa shape index (κ1) is 16.3. The van der Waals surface area contributed by atoms with Gasteiger partial charge in [-0.2, -0.15) is 0 Å². The zero-order valence-electron chi connectivity index (χ0n) is 13.4. The van der Waals surface area contributed by atoms with Crippen molar-refractivity contribution in [1.82, 2.24) is 9.88 Å². The van der Waals surface area contributed by atoms with Gasteiger partial charge >= 0.3 is 0 Å². The van der Waals surface area contributed by atoms with E-state index in [0.29, 0.717) is 28.9 Å². The fraction of sp³-hybridized carbons (Fsp3) is 0.211. The minimum absolute atomic E-state index is 0.0334. The summed E-state index contributed by atoms with van der Waals surface area (Å²) in [4.78, 5) is 17.8. The van der Waals surface area contributed by atoms with E-state index in [0.717, 1.165) is 11.9 Å². The summed E-state index contributed by atoms with van der Waals surface area (Å²) >= 11 is 11.9. The van der Waals surface area contributed by atoms with Crippen LogP contribution in [0.1, 0.15) is 11.3 Å². The van der Waals surface area contributed by atoms with Gasteiger partial charge in [0.2, 0.25) is 0 Å². The molecule has 3 aromatic rings. The maximum Gasteiger partial charge on any atom is 0.260 e. The second-order valence-corrected chi connectivity index (χ2v) is 6.96. The van der Waals surface area contributed by atoms with Crippen LogP contribution in [0.25, 0.3) is 10.9 Å². The average molecular weight is 375 g/mol. The van der Waals surface area contributed by atoms with Crippen molar-refractivity contribution in [1.29, 1.82) is 0 Å². The van der Waals surface area contributed by atoms with Crippen LogP contribution in [0, 0.1) is 0 Å². The van der Waals surface area contributed by atoms with Gasteiger partial charge in [0.1, 0.15) is 5.75 Å². The lowest BCUT2D eigenvalue weighted by Crippen LogP contribution is -2.38. The van der Waals surface area contributed by atoms with Gasteiger partial charge in [0.25, 0.3) is 5.91 Å². The number of aromatic nitrogens is 1. The molecule has 0 radical (unpaired) electrons. The first-order valence-electron chi connectivity index (χ1n) is 8.05. The van der Waals surface area contributed by atoms with E-state index < -0.39 is 0 Å². The Morgan fingerprint density at radius 2 is 1.92 bits per heavy atom. The molecule has 0 saturated heterocycles. The van der Waals surface area contributed by atoms with Crippen LogP contribution < -0.4 is 4.74 Å². The van der Waals surface area contributed by atoms with Gasteiger partial charge in [-0.1, -0.05) is 41.4 Å². The Morgan fingerprint density at radius 3 is 2.72 bits per heavy atom. The molecule has 0 aliphatic carbocycles. The standard InChI is InChI=1S/C19H16Cl2N2O2/c20-12-7-13(21)9-14(8-12)25-11-19(24)23-6-5-18-16(10-23)15-3-1-2-4-17(15)22-18/h1-4,7-9,22H,5-6,10-11H2. The molecule has 0 atom stereocenters. The van der Waals surface area contributed by atoms with Gasteiger partial charge in [-0.15, -0.1) is 0 Å². The molecule has 0 spiro atoms. The number of hydrogen-bond acceptors (Lipinski definition) is 2. The number of H-pyrrole nitrogens is 1. The van der Waals surface area contributed by atoms with Crippen molar-refractivity contribution < 1.29 is 9.53 Å². The maximum atomic E-state index is 12.5. The molecular formula is C19H16Cl2N2O2. The molecule has 0 saturated carbocycles. The van der Waals surface area contributed by atoms with Gasteiger partial charge in [0.15, 0.2) is 6.61 Å². The molecule has 6 heteroatoms. The van der Waals surface area contributed by atoms with Crippen molar-refractivity contribution in [3.05, 3.63) is 63.8 Å². The predicted octanol–water partition coefficient (Wildman–Crippen LogP) is 4.44. The number of nitrogens with zero attached hydrogens (tertiary/aromatic N) is 1. The lowest BCUT2D eigenvalue weighted by atomic mass is 10.0. The molecule has 4 rings (SSSR count). The molecule has 1 aromatic heterocycles. The van der Waals surface area contributed by atoms with Crippen LogP contribution in [-0.2, 0) is 17.8 Å². The summed E-state index contributed by atoms with van der Waals surface area (Å²) in [6.45, 7) is 1.24. The molecule has 2 aromatic carbocycles. The minimum atomic E-state index is -0.0490. The molecule has 25 heavy (non-hydrogen) atoms. The largest absolute Gasteiger partial charge is 0.484 e. The molecule has 128 valence electrons. The van der Waals surface area contributed by atoms with Gasteiger partial charge in [0, 0.05) is 51.7 Å². The number of nitrogens with one attached hydrogen (secondary N) is 1.